The number of aliphatic hydroxyl groups excluding tert-OH is 1. The number of anilines is 1. The number of aryl methyl sites for hydroxylation is 2. The molecule has 0 saturated carbocycles. The van der Waals surface area contributed by atoms with E-state index in [1.807, 2.05) is 38.3 Å². The van der Waals surface area contributed by atoms with E-state index in [-0.39, 0.29) is 13.2 Å². The number of nitrogens with zero attached hydrogens (tertiary/aromatic N) is 1. The van der Waals surface area contributed by atoms with Crippen molar-refractivity contribution in [2.45, 2.75) is 58.7 Å². The maximum Gasteiger partial charge on any atom is 0.408 e. The number of thioether (sulfide) groups is 1. The number of halogens is 1. The van der Waals surface area contributed by atoms with Gasteiger partial charge in [0.1, 0.15) is 17.7 Å². The lowest BCUT2D eigenvalue weighted by Crippen LogP contribution is -2.53. The van der Waals surface area contributed by atoms with Crippen molar-refractivity contribution < 1.29 is 24.2 Å². The van der Waals surface area contributed by atoms with E-state index in [1.165, 1.54) is 16.7 Å². The summed E-state index contributed by atoms with van der Waals surface area (Å²) in [5.74, 6) is -0.407. The molecule has 3 amide bonds. The van der Waals surface area contributed by atoms with Crippen LogP contribution in [0.2, 0.25) is 5.02 Å². The third kappa shape index (κ3) is 8.92. The number of nitrogens with one attached hydrogen (secondary N) is 2. The van der Waals surface area contributed by atoms with Crippen LogP contribution in [0.4, 0.5) is 10.5 Å². The Morgan fingerprint density at radius 2 is 1.74 bits per heavy atom. The molecular weight excluding hydrogens is 526 g/mol. The van der Waals surface area contributed by atoms with Crippen LogP contribution in [0.15, 0.2) is 42.5 Å². The Labute approximate surface area is 234 Å². The normalized spacial score (nSPS) is 12.8. The molecule has 38 heavy (non-hydrogen) atoms. The molecule has 0 spiro atoms. The number of amides is 3. The molecular formula is C28H38ClN3O5S. The van der Waals surface area contributed by atoms with Gasteiger partial charge in [-0.3, -0.25) is 9.59 Å². The SMILES string of the molecule is CSCCC(NC(=O)OC(C)(C)C)C(=O)N(CCO)C(C(=O)Nc1c(C)cccc1Cl)c1ccccc1C. The smallest absolute Gasteiger partial charge is 0.408 e. The van der Waals surface area contributed by atoms with E-state index in [9.17, 15) is 19.5 Å². The molecule has 0 heterocycles. The molecule has 2 rings (SSSR count). The summed E-state index contributed by atoms with van der Waals surface area (Å²) in [5.41, 5.74) is 1.84. The Morgan fingerprint density at radius 1 is 1.08 bits per heavy atom. The monoisotopic (exact) mass is 563 g/mol. The minimum Gasteiger partial charge on any atom is -0.444 e. The number of aliphatic hydroxyl groups is 1. The van der Waals surface area contributed by atoms with Gasteiger partial charge in [-0.2, -0.15) is 11.8 Å². The number of alkyl carbamates (subject to hydrolysis) is 1. The molecule has 8 nitrogen and oxygen atoms in total. The van der Waals surface area contributed by atoms with Crippen LogP contribution in [0.1, 0.15) is 49.9 Å². The summed E-state index contributed by atoms with van der Waals surface area (Å²) in [6, 6.07) is 10.5. The summed E-state index contributed by atoms with van der Waals surface area (Å²) in [5, 5.41) is 15.9. The van der Waals surface area contributed by atoms with E-state index in [0.717, 1.165) is 11.1 Å². The number of carbonyl (C=O) groups is 3. The van der Waals surface area contributed by atoms with Crippen molar-refractivity contribution in [1.29, 1.82) is 0 Å². The lowest BCUT2D eigenvalue weighted by molar-refractivity contribution is -0.141. The van der Waals surface area contributed by atoms with Crippen molar-refractivity contribution in [3.63, 3.8) is 0 Å². The van der Waals surface area contributed by atoms with Gasteiger partial charge in [-0.05, 0) is 75.8 Å². The molecule has 2 atom stereocenters. The van der Waals surface area contributed by atoms with Crippen molar-refractivity contribution in [3.8, 4) is 0 Å². The number of hydrogen-bond donors (Lipinski definition) is 3. The van der Waals surface area contributed by atoms with Crippen LogP contribution < -0.4 is 10.6 Å². The van der Waals surface area contributed by atoms with E-state index < -0.39 is 35.6 Å². The highest BCUT2D eigenvalue weighted by Gasteiger charge is 2.37. The van der Waals surface area contributed by atoms with Crippen molar-refractivity contribution in [3.05, 3.63) is 64.2 Å². The van der Waals surface area contributed by atoms with E-state index in [2.05, 4.69) is 10.6 Å². The van der Waals surface area contributed by atoms with Crippen molar-refractivity contribution >= 4 is 47.0 Å². The second-order valence-corrected chi connectivity index (χ2v) is 11.3. The van der Waals surface area contributed by atoms with E-state index >= 15 is 0 Å². The highest BCUT2D eigenvalue weighted by molar-refractivity contribution is 7.98. The minimum atomic E-state index is -1.09. The number of carbonyl (C=O) groups excluding carboxylic acids is 3. The van der Waals surface area contributed by atoms with Gasteiger partial charge in [0.05, 0.1) is 17.3 Å². The largest absolute Gasteiger partial charge is 0.444 e. The molecule has 0 bridgehead atoms. The molecule has 2 aromatic carbocycles. The molecule has 0 aliphatic carbocycles. The quantitative estimate of drug-likeness (QED) is 0.351. The molecule has 3 N–H and O–H groups in total. The summed E-state index contributed by atoms with van der Waals surface area (Å²) in [6.07, 6.45) is 1.48. The van der Waals surface area contributed by atoms with Crippen LogP contribution in [0.5, 0.6) is 0 Å². The maximum atomic E-state index is 14.0. The van der Waals surface area contributed by atoms with Crippen molar-refractivity contribution in [2.75, 3.05) is 30.5 Å². The molecule has 2 aromatic rings. The highest BCUT2D eigenvalue weighted by Crippen LogP contribution is 2.30. The van der Waals surface area contributed by atoms with E-state index in [1.54, 1.807) is 45.0 Å². The molecule has 0 aliphatic heterocycles. The van der Waals surface area contributed by atoms with Crippen LogP contribution in [-0.2, 0) is 14.3 Å². The minimum absolute atomic E-state index is 0.126. The Balaban J connectivity index is 2.53. The average Bonchev–Trinajstić information content (AvgIpc) is 2.83. The summed E-state index contributed by atoms with van der Waals surface area (Å²) < 4.78 is 5.38. The maximum absolute atomic E-state index is 14.0. The van der Waals surface area contributed by atoms with Crippen LogP contribution in [-0.4, -0.2) is 64.7 Å². The molecule has 2 unspecified atom stereocenters. The molecule has 0 fully saturated rings. The third-order valence-electron chi connectivity index (χ3n) is 5.74. The first kappa shape index (κ1) is 31.5. The van der Waals surface area contributed by atoms with Gasteiger partial charge in [0.2, 0.25) is 5.91 Å². The molecule has 0 radical (unpaired) electrons. The Hall–Kier alpha value is -2.75. The first-order valence-corrected chi connectivity index (χ1v) is 14.2. The predicted molar refractivity (Wildman–Crippen MR) is 154 cm³/mol. The fraction of sp³-hybridized carbons (Fsp3) is 0.464. The van der Waals surface area contributed by atoms with Crippen molar-refractivity contribution in [1.82, 2.24) is 10.2 Å². The standard InChI is InChI=1S/C28H38ClN3O5S/c1-18-10-7-8-12-20(18)24(25(34)31-23-19(2)11-9-13-21(23)29)32(15-16-33)26(35)22(14-17-38-6)30-27(36)37-28(3,4)5/h7-13,22,24,33H,14-17H2,1-6H3,(H,30,36)(H,31,34). The molecule has 0 aromatic heterocycles. The van der Waals surface area contributed by atoms with Crippen LogP contribution in [0.3, 0.4) is 0 Å². The number of ether oxygens (including phenoxy) is 1. The van der Waals surface area contributed by atoms with Crippen LogP contribution in [0, 0.1) is 13.8 Å². The summed E-state index contributed by atoms with van der Waals surface area (Å²) >= 11 is 7.90. The number of hydrogen-bond acceptors (Lipinski definition) is 6. The fourth-order valence-corrected chi connectivity index (χ4v) is 4.68. The zero-order chi connectivity index (χ0) is 28.5. The summed E-state index contributed by atoms with van der Waals surface area (Å²) in [7, 11) is 0. The molecule has 10 heteroatoms. The van der Waals surface area contributed by atoms with Crippen molar-refractivity contribution in [2.24, 2.45) is 0 Å². The van der Waals surface area contributed by atoms with Gasteiger partial charge in [-0.25, -0.2) is 4.79 Å². The summed E-state index contributed by atoms with van der Waals surface area (Å²) in [4.78, 5) is 41.8. The highest BCUT2D eigenvalue weighted by atomic mass is 35.5. The van der Waals surface area contributed by atoms with Gasteiger partial charge in [-0.1, -0.05) is 48.0 Å². The molecule has 0 saturated heterocycles. The van der Waals surface area contributed by atoms with Gasteiger partial charge < -0.3 is 25.4 Å². The van der Waals surface area contributed by atoms with Gasteiger partial charge >= 0.3 is 6.09 Å². The second kappa shape index (κ2) is 14.4. The van der Waals surface area contributed by atoms with Crippen LogP contribution in [0.25, 0.3) is 0 Å². The zero-order valence-corrected chi connectivity index (χ0v) is 24.4. The summed E-state index contributed by atoms with van der Waals surface area (Å²) in [6.45, 7) is 8.37. The third-order valence-corrected chi connectivity index (χ3v) is 6.70. The topological polar surface area (TPSA) is 108 Å². The van der Waals surface area contributed by atoms with E-state index in [0.29, 0.717) is 28.4 Å². The van der Waals surface area contributed by atoms with Gasteiger partial charge in [0, 0.05) is 6.54 Å². The number of benzene rings is 2. The number of rotatable bonds is 11. The lowest BCUT2D eigenvalue weighted by atomic mass is 9.97. The van der Waals surface area contributed by atoms with Crippen LogP contribution >= 0.6 is 23.4 Å². The second-order valence-electron chi connectivity index (χ2n) is 9.92. The molecule has 208 valence electrons. The van der Waals surface area contributed by atoms with Gasteiger partial charge in [-0.15, -0.1) is 0 Å². The molecule has 0 aliphatic rings. The first-order valence-electron chi connectivity index (χ1n) is 12.4. The average molecular weight is 564 g/mol. The zero-order valence-electron chi connectivity index (χ0n) is 22.8. The fourth-order valence-electron chi connectivity index (χ4n) is 3.94. The van der Waals surface area contributed by atoms with Gasteiger partial charge in [0.15, 0.2) is 0 Å². The Kier molecular flexibility index (Phi) is 11.9. The Morgan fingerprint density at radius 3 is 2.32 bits per heavy atom. The lowest BCUT2D eigenvalue weighted by Gasteiger charge is -2.35. The Bertz CT molecular complexity index is 1100. The van der Waals surface area contributed by atoms with Gasteiger partial charge in [0.25, 0.3) is 5.91 Å². The number of para-hydroxylation sites is 1. The predicted octanol–water partition coefficient (Wildman–Crippen LogP) is 5.10. The van der Waals surface area contributed by atoms with E-state index in [4.69, 9.17) is 16.3 Å². The first-order chi connectivity index (χ1) is 17.9.